The summed E-state index contributed by atoms with van der Waals surface area (Å²) < 4.78 is 0.948. The molecule has 4 heteroatoms. The molecule has 0 spiro atoms. The van der Waals surface area contributed by atoms with Crippen LogP contribution in [0.3, 0.4) is 0 Å². The van der Waals surface area contributed by atoms with Crippen molar-refractivity contribution in [2.24, 2.45) is 5.41 Å². The number of anilines is 1. The molecule has 0 unspecified atom stereocenters. The van der Waals surface area contributed by atoms with Gasteiger partial charge in [-0.2, -0.15) is 0 Å². The summed E-state index contributed by atoms with van der Waals surface area (Å²) in [6, 6.07) is 5.92. The number of carbonyl (C=O) groups excluding carboxylic acids is 1. The Morgan fingerprint density at radius 2 is 2.04 bits per heavy atom. The Labute approximate surface area is 149 Å². The number of carbonyl (C=O) groups is 1. The monoisotopic (exact) mass is 388 g/mol. The molecule has 0 saturated heterocycles. The second-order valence-corrected chi connectivity index (χ2v) is 9.23. The maximum absolute atomic E-state index is 13.0. The molecule has 2 nitrogen and oxygen atoms in total. The Balaban J connectivity index is 1.73. The van der Waals surface area contributed by atoms with Crippen LogP contribution >= 0.6 is 27.3 Å². The number of benzene rings is 1. The summed E-state index contributed by atoms with van der Waals surface area (Å²) in [5.74, 6) is 0.145. The summed E-state index contributed by atoms with van der Waals surface area (Å²) in [5, 5.41) is 0. The van der Waals surface area contributed by atoms with E-state index in [1.54, 1.807) is 11.3 Å². The van der Waals surface area contributed by atoms with E-state index in [0.29, 0.717) is 5.41 Å². The van der Waals surface area contributed by atoms with Crippen LogP contribution in [-0.2, 0) is 19.3 Å². The molecule has 1 aliphatic heterocycles. The van der Waals surface area contributed by atoms with E-state index in [0.717, 1.165) is 46.4 Å². The van der Waals surface area contributed by atoms with E-state index in [-0.39, 0.29) is 5.91 Å². The van der Waals surface area contributed by atoms with E-state index < -0.39 is 0 Å². The Hall–Kier alpha value is -1.13. The van der Waals surface area contributed by atoms with Gasteiger partial charge in [-0.25, -0.2) is 0 Å². The molecule has 1 aromatic heterocycles. The first kappa shape index (κ1) is 15.4. The minimum atomic E-state index is 0.145. The van der Waals surface area contributed by atoms with Gasteiger partial charge in [-0.3, -0.25) is 4.79 Å². The highest BCUT2D eigenvalue weighted by molar-refractivity contribution is 9.10. The predicted octanol–water partition coefficient (Wildman–Crippen LogP) is 5.02. The zero-order valence-corrected chi connectivity index (χ0v) is 15.8. The van der Waals surface area contributed by atoms with Gasteiger partial charge in [0.1, 0.15) is 0 Å². The summed E-state index contributed by atoms with van der Waals surface area (Å²) >= 11 is 5.23. The third kappa shape index (κ3) is 2.38. The largest absolute Gasteiger partial charge is 0.307 e. The van der Waals surface area contributed by atoms with Gasteiger partial charge >= 0.3 is 0 Å². The van der Waals surface area contributed by atoms with Crippen molar-refractivity contribution >= 4 is 38.9 Å². The molecule has 1 aromatic carbocycles. The Bertz CT molecular complexity index is 821. The molecule has 0 atom stereocenters. The SMILES string of the molecule is [CH2]c1c(Br)cccc1N1CCc2c(sc3c2CC(C)(C)C3)C1=O. The van der Waals surface area contributed by atoms with E-state index in [1.807, 2.05) is 23.1 Å². The molecule has 2 aliphatic rings. The van der Waals surface area contributed by atoms with Crippen LogP contribution < -0.4 is 4.90 Å². The van der Waals surface area contributed by atoms with Gasteiger partial charge in [-0.15, -0.1) is 11.3 Å². The van der Waals surface area contributed by atoms with Crippen molar-refractivity contribution in [3.05, 3.63) is 56.0 Å². The van der Waals surface area contributed by atoms with Crippen LogP contribution in [0.2, 0.25) is 0 Å². The van der Waals surface area contributed by atoms with E-state index >= 15 is 0 Å². The first-order valence-corrected chi connectivity index (χ1v) is 9.54. The molecule has 119 valence electrons. The second kappa shape index (κ2) is 5.18. The molecule has 0 N–H and O–H groups in total. The van der Waals surface area contributed by atoms with Gasteiger partial charge in [0.05, 0.1) is 4.88 Å². The summed E-state index contributed by atoms with van der Waals surface area (Å²) in [7, 11) is 0. The maximum atomic E-state index is 13.0. The molecule has 23 heavy (non-hydrogen) atoms. The second-order valence-electron chi connectivity index (χ2n) is 7.27. The quantitative estimate of drug-likeness (QED) is 0.671. The molecule has 2 aromatic rings. The molecular formula is C19H19BrNOS. The first-order valence-electron chi connectivity index (χ1n) is 7.93. The molecular weight excluding hydrogens is 370 g/mol. The van der Waals surface area contributed by atoms with Gasteiger partial charge in [0.2, 0.25) is 0 Å². The van der Waals surface area contributed by atoms with Crippen LogP contribution in [0.4, 0.5) is 5.69 Å². The third-order valence-electron chi connectivity index (χ3n) is 4.90. The smallest absolute Gasteiger partial charge is 0.268 e. The van der Waals surface area contributed by atoms with Crippen molar-refractivity contribution in [2.45, 2.75) is 33.1 Å². The van der Waals surface area contributed by atoms with Gasteiger partial charge in [0.15, 0.2) is 0 Å². The Morgan fingerprint density at radius 3 is 2.83 bits per heavy atom. The fraction of sp³-hybridized carbons (Fsp3) is 0.368. The van der Waals surface area contributed by atoms with Crippen LogP contribution in [0.1, 0.15) is 45.1 Å². The van der Waals surface area contributed by atoms with Crippen molar-refractivity contribution in [1.82, 2.24) is 0 Å². The van der Waals surface area contributed by atoms with Crippen LogP contribution in [0.5, 0.6) is 0 Å². The third-order valence-corrected chi connectivity index (χ3v) is 6.91. The van der Waals surface area contributed by atoms with Crippen molar-refractivity contribution in [1.29, 1.82) is 0 Å². The number of halogens is 1. The van der Waals surface area contributed by atoms with E-state index in [4.69, 9.17) is 0 Å². The van der Waals surface area contributed by atoms with Gasteiger partial charge in [0.25, 0.3) is 5.91 Å². The van der Waals surface area contributed by atoms with Crippen LogP contribution in [-0.4, -0.2) is 12.5 Å². The fourth-order valence-corrected chi connectivity index (χ4v) is 5.72. The minimum absolute atomic E-state index is 0.145. The number of hydrogen-bond acceptors (Lipinski definition) is 2. The lowest BCUT2D eigenvalue weighted by Gasteiger charge is -2.29. The number of fused-ring (bicyclic) bond motifs is 3. The molecule has 1 amide bonds. The van der Waals surface area contributed by atoms with E-state index in [2.05, 4.69) is 36.7 Å². The molecule has 0 fully saturated rings. The molecule has 1 aliphatic carbocycles. The number of rotatable bonds is 1. The lowest BCUT2D eigenvalue weighted by atomic mass is 9.89. The van der Waals surface area contributed by atoms with Crippen molar-refractivity contribution < 1.29 is 4.79 Å². The van der Waals surface area contributed by atoms with Crippen molar-refractivity contribution in [3.63, 3.8) is 0 Å². The van der Waals surface area contributed by atoms with E-state index in [9.17, 15) is 4.79 Å². The highest BCUT2D eigenvalue weighted by Crippen LogP contribution is 2.45. The van der Waals surface area contributed by atoms with Gasteiger partial charge < -0.3 is 4.90 Å². The van der Waals surface area contributed by atoms with Crippen molar-refractivity contribution in [3.8, 4) is 0 Å². The number of hydrogen-bond donors (Lipinski definition) is 0. The number of thiophene rings is 1. The Morgan fingerprint density at radius 1 is 1.26 bits per heavy atom. The predicted molar refractivity (Wildman–Crippen MR) is 99.5 cm³/mol. The lowest BCUT2D eigenvalue weighted by molar-refractivity contribution is 0.0984. The zero-order chi connectivity index (χ0) is 16.4. The summed E-state index contributed by atoms with van der Waals surface area (Å²) in [6.07, 6.45) is 3.17. The molecule has 0 saturated carbocycles. The van der Waals surface area contributed by atoms with Gasteiger partial charge in [-0.05, 0) is 60.4 Å². The summed E-state index contributed by atoms with van der Waals surface area (Å²) in [5.41, 5.74) is 4.93. The standard InChI is InChI=1S/C19H19BrNOS/c1-11-14(20)5-4-6-15(11)21-8-7-12-13-9-19(2,3)10-16(13)23-17(12)18(21)22/h4-6H,1,7-10H2,2-3H3. The van der Waals surface area contributed by atoms with Crippen LogP contribution in [0.25, 0.3) is 0 Å². The lowest BCUT2D eigenvalue weighted by Crippen LogP contribution is -2.37. The normalized spacial score (nSPS) is 19.0. The van der Waals surface area contributed by atoms with Gasteiger partial charge in [0, 0.05) is 21.6 Å². The zero-order valence-electron chi connectivity index (χ0n) is 13.4. The average Bonchev–Trinajstić information content (AvgIpc) is 2.96. The highest BCUT2D eigenvalue weighted by Gasteiger charge is 2.38. The summed E-state index contributed by atoms with van der Waals surface area (Å²) in [4.78, 5) is 17.3. The number of amides is 1. The van der Waals surface area contributed by atoms with Crippen LogP contribution in [0, 0.1) is 12.3 Å². The number of nitrogens with zero attached hydrogens (tertiary/aromatic N) is 1. The topological polar surface area (TPSA) is 20.3 Å². The summed E-state index contributed by atoms with van der Waals surface area (Å²) in [6.45, 7) is 9.50. The molecule has 0 bridgehead atoms. The molecule has 4 rings (SSSR count). The maximum Gasteiger partial charge on any atom is 0.268 e. The average molecular weight is 389 g/mol. The highest BCUT2D eigenvalue weighted by atomic mass is 79.9. The molecule has 1 radical (unpaired) electrons. The first-order chi connectivity index (χ1) is 10.9. The van der Waals surface area contributed by atoms with Crippen LogP contribution in [0.15, 0.2) is 22.7 Å². The van der Waals surface area contributed by atoms with Crippen molar-refractivity contribution in [2.75, 3.05) is 11.4 Å². The minimum Gasteiger partial charge on any atom is -0.307 e. The molecule has 2 heterocycles. The van der Waals surface area contributed by atoms with E-state index in [1.165, 1.54) is 16.0 Å². The Kier molecular flexibility index (Phi) is 3.47. The van der Waals surface area contributed by atoms with Gasteiger partial charge in [-0.1, -0.05) is 35.8 Å². The fourth-order valence-electron chi connectivity index (χ4n) is 3.79.